The molecule has 2 heterocycles. The van der Waals surface area contributed by atoms with Crippen LogP contribution in [-0.4, -0.2) is 29.5 Å². The van der Waals surface area contributed by atoms with E-state index in [2.05, 4.69) is 0 Å². The summed E-state index contributed by atoms with van der Waals surface area (Å²) in [6, 6.07) is 8.55. The lowest BCUT2D eigenvalue weighted by Crippen LogP contribution is -2.28. The van der Waals surface area contributed by atoms with E-state index in [1.807, 2.05) is 25.1 Å². The van der Waals surface area contributed by atoms with E-state index in [-0.39, 0.29) is 17.8 Å². The quantitative estimate of drug-likeness (QED) is 0.501. The molecule has 0 amide bonds. The van der Waals surface area contributed by atoms with Crippen LogP contribution < -0.4 is 10.4 Å². The lowest BCUT2D eigenvalue weighted by Gasteiger charge is -2.13. The maximum absolute atomic E-state index is 11.3. The molecule has 1 aromatic carbocycles. The summed E-state index contributed by atoms with van der Waals surface area (Å²) in [6.45, 7) is 5.97. The zero-order valence-corrected chi connectivity index (χ0v) is 14.1. The lowest BCUT2D eigenvalue weighted by atomic mass is 9.99. The van der Waals surface area contributed by atoms with Crippen molar-refractivity contribution in [2.75, 3.05) is 6.61 Å². The fraction of sp³-hybridized carbons (Fsp3) is 0.421. The molecule has 1 saturated heterocycles. The van der Waals surface area contributed by atoms with E-state index in [1.165, 1.54) is 6.07 Å². The maximum atomic E-state index is 11.3. The van der Waals surface area contributed by atoms with Gasteiger partial charge in [0.15, 0.2) is 0 Å². The summed E-state index contributed by atoms with van der Waals surface area (Å²) < 4.78 is 16.3. The summed E-state index contributed by atoms with van der Waals surface area (Å²) in [5.41, 5.74) is 0.497. The molecule has 2 aromatic rings. The topological polar surface area (TPSA) is 72.2 Å². The van der Waals surface area contributed by atoms with Crippen molar-refractivity contribution in [1.29, 1.82) is 0 Å². The van der Waals surface area contributed by atoms with Gasteiger partial charge in [-0.25, -0.2) is 4.79 Å². The molecule has 5 nitrogen and oxygen atoms in total. The highest BCUT2D eigenvalue weighted by Gasteiger charge is 2.48. The standard InChI is InChI=1S/C19H22O5/c1-12(10-16-18(24-16)19(2,3)21)8-9-22-14-6-4-13-5-7-17(20)23-15(13)11-14/h4-8,11,16,18,21H,9-10H2,1-3H3/t16-,18+/m1/s1. The number of ether oxygens (including phenoxy) is 2. The molecule has 5 heteroatoms. The molecule has 0 saturated carbocycles. The average molecular weight is 330 g/mol. The van der Waals surface area contributed by atoms with Gasteiger partial charge in [-0.2, -0.15) is 0 Å². The second kappa shape index (κ2) is 6.42. The first-order chi connectivity index (χ1) is 11.3. The third-order valence-corrected chi connectivity index (χ3v) is 4.08. The predicted molar refractivity (Wildman–Crippen MR) is 91.3 cm³/mol. The molecule has 3 rings (SSSR count). The number of hydrogen-bond acceptors (Lipinski definition) is 5. The van der Waals surface area contributed by atoms with E-state index in [0.29, 0.717) is 17.9 Å². The summed E-state index contributed by atoms with van der Waals surface area (Å²) in [6.07, 6.45) is 2.76. The molecule has 2 atom stereocenters. The van der Waals surface area contributed by atoms with Crippen molar-refractivity contribution in [1.82, 2.24) is 0 Å². The molecular formula is C19H22O5. The molecule has 1 N–H and O–H groups in total. The molecule has 1 aliphatic heterocycles. The van der Waals surface area contributed by atoms with Crippen LogP contribution >= 0.6 is 0 Å². The smallest absolute Gasteiger partial charge is 0.336 e. The molecule has 0 aliphatic carbocycles. The second-order valence-corrected chi connectivity index (χ2v) is 6.77. The van der Waals surface area contributed by atoms with E-state index in [0.717, 1.165) is 17.4 Å². The van der Waals surface area contributed by atoms with Crippen LogP contribution in [0.2, 0.25) is 0 Å². The van der Waals surface area contributed by atoms with Crippen molar-refractivity contribution < 1.29 is 19.0 Å². The Labute approximate surface area is 140 Å². The number of epoxide rings is 1. The Balaban J connectivity index is 1.55. The first-order valence-electron chi connectivity index (χ1n) is 8.03. The Hall–Kier alpha value is -2.11. The highest BCUT2D eigenvalue weighted by atomic mass is 16.6. The largest absolute Gasteiger partial charge is 0.489 e. The van der Waals surface area contributed by atoms with Crippen LogP contribution in [0.15, 0.2) is 51.2 Å². The highest BCUT2D eigenvalue weighted by molar-refractivity contribution is 5.77. The van der Waals surface area contributed by atoms with E-state index >= 15 is 0 Å². The Kier molecular flexibility index (Phi) is 4.47. The van der Waals surface area contributed by atoms with Crippen molar-refractivity contribution in [2.24, 2.45) is 0 Å². The molecule has 1 fully saturated rings. The van der Waals surface area contributed by atoms with Gasteiger partial charge in [-0.1, -0.05) is 5.57 Å². The Bertz CT molecular complexity index is 812. The van der Waals surface area contributed by atoms with Gasteiger partial charge in [0.25, 0.3) is 0 Å². The van der Waals surface area contributed by atoms with Crippen molar-refractivity contribution in [2.45, 2.75) is 45.0 Å². The number of rotatable bonds is 6. The van der Waals surface area contributed by atoms with Gasteiger partial charge in [0.1, 0.15) is 24.0 Å². The summed E-state index contributed by atoms with van der Waals surface area (Å²) in [5, 5.41) is 10.7. The van der Waals surface area contributed by atoms with Crippen molar-refractivity contribution in [3.63, 3.8) is 0 Å². The van der Waals surface area contributed by atoms with Gasteiger partial charge in [0.2, 0.25) is 0 Å². The molecule has 0 spiro atoms. The minimum Gasteiger partial charge on any atom is -0.489 e. The summed E-state index contributed by atoms with van der Waals surface area (Å²) in [7, 11) is 0. The number of benzene rings is 1. The van der Waals surface area contributed by atoms with Gasteiger partial charge in [0, 0.05) is 17.5 Å². The molecule has 0 unspecified atom stereocenters. The highest BCUT2D eigenvalue weighted by Crippen LogP contribution is 2.36. The molecular weight excluding hydrogens is 308 g/mol. The Morgan fingerprint density at radius 1 is 1.33 bits per heavy atom. The summed E-state index contributed by atoms with van der Waals surface area (Å²) in [4.78, 5) is 11.3. The molecule has 0 radical (unpaired) electrons. The van der Waals surface area contributed by atoms with Gasteiger partial charge < -0.3 is 19.0 Å². The fourth-order valence-corrected chi connectivity index (χ4v) is 2.73. The number of aliphatic hydroxyl groups is 1. The first kappa shape index (κ1) is 16.7. The second-order valence-electron chi connectivity index (χ2n) is 6.77. The van der Waals surface area contributed by atoms with Crippen LogP contribution in [0.5, 0.6) is 5.75 Å². The summed E-state index contributed by atoms with van der Waals surface area (Å²) in [5.74, 6) is 0.651. The fourth-order valence-electron chi connectivity index (χ4n) is 2.73. The molecule has 24 heavy (non-hydrogen) atoms. The third kappa shape index (κ3) is 4.04. The predicted octanol–water partition coefficient (Wildman–Crippen LogP) is 3.05. The molecule has 0 bridgehead atoms. The molecule has 1 aromatic heterocycles. The van der Waals surface area contributed by atoms with Gasteiger partial charge in [-0.15, -0.1) is 0 Å². The van der Waals surface area contributed by atoms with Crippen LogP contribution in [0.3, 0.4) is 0 Å². The van der Waals surface area contributed by atoms with Gasteiger partial charge >= 0.3 is 5.63 Å². The van der Waals surface area contributed by atoms with Crippen LogP contribution in [0.25, 0.3) is 11.0 Å². The number of fused-ring (bicyclic) bond motifs is 1. The van der Waals surface area contributed by atoms with Gasteiger partial charge in [0.05, 0.1) is 11.7 Å². The SMILES string of the molecule is CC(=CCOc1ccc2ccc(=O)oc2c1)C[C@H]1O[C@@H]1C(C)(C)O. The minimum atomic E-state index is -0.795. The van der Waals surface area contributed by atoms with Crippen molar-refractivity contribution in [3.8, 4) is 5.75 Å². The molecule has 128 valence electrons. The van der Waals surface area contributed by atoms with E-state index in [9.17, 15) is 9.90 Å². The van der Waals surface area contributed by atoms with Crippen molar-refractivity contribution >= 4 is 11.0 Å². The summed E-state index contributed by atoms with van der Waals surface area (Å²) >= 11 is 0. The zero-order valence-electron chi connectivity index (χ0n) is 14.1. The lowest BCUT2D eigenvalue weighted by molar-refractivity contribution is 0.0482. The van der Waals surface area contributed by atoms with Crippen LogP contribution in [0.4, 0.5) is 0 Å². The average Bonchev–Trinajstić information content (AvgIpc) is 3.26. The number of hydrogen-bond donors (Lipinski definition) is 1. The van der Waals surface area contributed by atoms with Gasteiger partial charge in [-0.05, 0) is 51.5 Å². The van der Waals surface area contributed by atoms with E-state index < -0.39 is 5.60 Å². The van der Waals surface area contributed by atoms with Crippen LogP contribution in [0, 0.1) is 0 Å². The maximum Gasteiger partial charge on any atom is 0.336 e. The van der Waals surface area contributed by atoms with E-state index in [4.69, 9.17) is 13.9 Å². The van der Waals surface area contributed by atoms with E-state index in [1.54, 1.807) is 26.0 Å². The first-order valence-corrected chi connectivity index (χ1v) is 8.03. The Morgan fingerprint density at radius 2 is 2.08 bits per heavy atom. The van der Waals surface area contributed by atoms with Crippen LogP contribution in [0.1, 0.15) is 27.2 Å². The normalized spacial score (nSPS) is 21.1. The minimum absolute atomic E-state index is 0.0798. The monoisotopic (exact) mass is 330 g/mol. The zero-order chi connectivity index (χ0) is 17.3. The van der Waals surface area contributed by atoms with Crippen LogP contribution in [-0.2, 0) is 4.74 Å². The molecule has 1 aliphatic rings. The van der Waals surface area contributed by atoms with Gasteiger partial charge in [-0.3, -0.25) is 0 Å². The third-order valence-electron chi connectivity index (χ3n) is 4.08. The Morgan fingerprint density at radius 3 is 2.79 bits per heavy atom. The van der Waals surface area contributed by atoms with Crippen molar-refractivity contribution in [3.05, 3.63) is 52.4 Å².